The highest BCUT2D eigenvalue weighted by molar-refractivity contribution is 5.93. The first kappa shape index (κ1) is 34.1. The van der Waals surface area contributed by atoms with E-state index in [1.54, 1.807) is 0 Å². The zero-order valence-electron chi connectivity index (χ0n) is 28.2. The number of nitrogens with zero attached hydrogens (tertiary/aromatic N) is 1. The van der Waals surface area contributed by atoms with E-state index in [0.29, 0.717) is 43.0 Å². The third kappa shape index (κ3) is 9.38. The minimum Gasteiger partial charge on any atom is -0.461 e. The summed E-state index contributed by atoms with van der Waals surface area (Å²) in [6.45, 7) is 14.5. The Morgan fingerprint density at radius 1 is 1.00 bits per heavy atom. The molecule has 2 N–H and O–H groups in total. The lowest BCUT2D eigenvalue weighted by atomic mass is 9.85. The molecule has 2 aromatic carbocycles. The molecule has 0 bridgehead atoms. The van der Waals surface area contributed by atoms with Gasteiger partial charge in [-0.05, 0) is 73.0 Å². The average Bonchev–Trinajstić information content (AvgIpc) is 3.97. The fourth-order valence-electron chi connectivity index (χ4n) is 6.91. The van der Waals surface area contributed by atoms with Gasteiger partial charge in [0, 0.05) is 30.7 Å². The number of ketones is 2. The lowest BCUT2D eigenvalue weighted by Gasteiger charge is -2.36. The van der Waals surface area contributed by atoms with Gasteiger partial charge in [0.2, 0.25) is 0 Å². The molecule has 7 heteroatoms. The molecule has 0 radical (unpaired) electrons. The van der Waals surface area contributed by atoms with Crippen molar-refractivity contribution in [1.29, 1.82) is 0 Å². The molecule has 0 amide bonds. The van der Waals surface area contributed by atoms with Crippen LogP contribution in [0.2, 0.25) is 0 Å². The summed E-state index contributed by atoms with van der Waals surface area (Å²) in [5.74, 6) is 1.71. The van der Waals surface area contributed by atoms with Crippen molar-refractivity contribution < 1.29 is 19.1 Å². The minimum absolute atomic E-state index is 0.127. The number of allylic oxidation sites excluding steroid dienone is 1. The van der Waals surface area contributed by atoms with Crippen LogP contribution >= 0.6 is 0 Å². The number of hydrogen-bond acceptors (Lipinski definition) is 7. The van der Waals surface area contributed by atoms with Gasteiger partial charge in [-0.1, -0.05) is 88.9 Å². The molecule has 2 heterocycles. The summed E-state index contributed by atoms with van der Waals surface area (Å²) in [6.07, 6.45) is 5.42. The Morgan fingerprint density at radius 3 is 2.37 bits per heavy atom. The van der Waals surface area contributed by atoms with Crippen LogP contribution in [-0.4, -0.2) is 53.1 Å². The van der Waals surface area contributed by atoms with Crippen molar-refractivity contribution in [3.63, 3.8) is 0 Å². The number of rotatable bonds is 18. The predicted molar refractivity (Wildman–Crippen MR) is 182 cm³/mol. The molecule has 2 aromatic rings. The molecule has 0 aromatic heterocycles. The zero-order valence-corrected chi connectivity index (χ0v) is 28.2. The molecule has 5 atom stereocenters. The number of nitrogens with one attached hydrogen (secondary N) is 2. The van der Waals surface area contributed by atoms with Crippen molar-refractivity contribution in [3.05, 3.63) is 83.6 Å². The smallest absolute Gasteiger partial charge is 0.307 e. The number of hydrogen-bond donors (Lipinski definition) is 2. The number of fused-ring (bicyclic) bond motifs is 1. The first-order chi connectivity index (χ1) is 22.1. The molecule has 1 saturated heterocycles. The van der Waals surface area contributed by atoms with Gasteiger partial charge < -0.3 is 15.4 Å². The molecule has 248 valence electrons. The van der Waals surface area contributed by atoms with Crippen LogP contribution < -0.4 is 10.6 Å². The highest BCUT2D eigenvalue weighted by atomic mass is 16.5. The van der Waals surface area contributed by atoms with Crippen LogP contribution in [0.5, 0.6) is 0 Å². The Labute approximate surface area is 275 Å². The maximum atomic E-state index is 14.0. The van der Waals surface area contributed by atoms with E-state index in [-0.39, 0.29) is 54.9 Å². The van der Waals surface area contributed by atoms with E-state index in [1.165, 1.54) is 11.1 Å². The third-order valence-electron chi connectivity index (χ3n) is 9.93. The number of carbonyl (C=O) groups is 3. The second-order valence-electron chi connectivity index (χ2n) is 14.6. The number of carbonyl (C=O) groups excluding carboxylic acids is 3. The summed E-state index contributed by atoms with van der Waals surface area (Å²) < 4.78 is 5.54. The lowest BCUT2D eigenvalue weighted by Crippen LogP contribution is -2.48. The summed E-state index contributed by atoms with van der Waals surface area (Å²) in [4.78, 5) is 41.8. The number of benzene rings is 2. The van der Waals surface area contributed by atoms with Crippen LogP contribution in [0.25, 0.3) is 0 Å². The number of ether oxygens (including phenoxy) is 1. The molecule has 5 rings (SSSR count). The molecular formula is C39H53N3O4. The fraction of sp³-hybridized carbons (Fsp3) is 0.564. The van der Waals surface area contributed by atoms with Crippen molar-refractivity contribution in [2.45, 2.75) is 110 Å². The summed E-state index contributed by atoms with van der Waals surface area (Å²) in [7, 11) is 0. The van der Waals surface area contributed by atoms with Gasteiger partial charge in [-0.15, -0.1) is 0 Å². The van der Waals surface area contributed by atoms with Gasteiger partial charge in [-0.25, -0.2) is 0 Å². The minimum atomic E-state index is -0.279. The van der Waals surface area contributed by atoms with Crippen molar-refractivity contribution in [3.8, 4) is 0 Å². The summed E-state index contributed by atoms with van der Waals surface area (Å²) in [5.41, 5.74) is 4.31. The van der Waals surface area contributed by atoms with Gasteiger partial charge in [-0.2, -0.15) is 0 Å². The molecule has 2 fully saturated rings. The van der Waals surface area contributed by atoms with E-state index in [9.17, 15) is 14.4 Å². The molecule has 46 heavy (non-hydrogen) atoms. The van der Waals surface area contributed by atoms with Crippen LogP contribution in [0.1, 0.15) is 82.9 Å². The second kappa shape index (κ2) is 15.5. The number of esters is 1. The zero-order chi connectivity index (χ0) is 32.8. The van der Waals surface area contributed by atoms with Gasteiger partial charge in [0.25, 0.3) is 0 Å². The van der Waals surface area contributed by atoms with Gasteiger partial charge in [0.1, 0.15) is 6.61 Å². The van der Waals surface area contributed by atoms with Gasteiger partial charge in [0.15, 0.2) is 11.6 Å². The van der Waals surface area contributed by atoms with Crippen LogP contribution in [0.3, 0.4) is 0 Å². The maximum Gasteiger partial charge on any atom is 0.307 e. The normalized spacial score (nSPS) is 22.2. The maximum absolute atomic E-state index is 14.0. The van der Waals surface area contributed by atoms with E-state index in [4.69, 9.17) is 4.74 Å². The highest BCUT2D eigenvalue weighted by Gasteiger charge is 2.47. The molecule has 3 aliphatic rings. The van der Waals surface area contributed by atoms with Crippen molar-refractivity contribution in [2.75, 3.05) is 6.54 Å². The van der Waals surface area contributed by atoms with Crippen molar-refractivity contribution in [1.82, 2.24) is 15.5 Å². The van der Waals surface area contributed by atoms with E-state index in [0.717, 1.165) is 43.4 Å². The highest BCUT2D eigenvalue weighted by Crippen LogP contribution is 2.34. The molecule has 1 saturated carbocycles. The average molecular weight is 628 g/mol. The third-order valence-corrected chi connectivity index (χ3v) is 9.93. The Morgan fingerprint density at radius 2 is 1.70 bits per heavy atom. The van der Waals surface area contributed by atoms with Gasteiger partial charge in [-0.3, -0.25) is 19.3 Å². The molecule has 1 aliphatic carbocycles. The standard InChI is InChI=1S/C39H53N3O4/c1-25(2)19-34(38(44)29-15-16-29)40-27(5)20-32(26(3)4)21-33-37(41-33)39(45)35-22-30-13-9-10-14-31(30)23-42(35)18-17-36(43)46-24-28-11-7-6-8-12-28/h6-14,25-26,29,32-35,37,40-41H,5,15-24H2,1-4H3. The predicted octanol–water partition coefficient (Wildman–Crippen LogP) is 6.01. The van der Waals surface area contributed by atoms with Gasteiger partial charge in [0.05, 0.1) is 24.5 Å². The second-order valence-corrected chi connectivity index (χ2v) is 14.6. The number of Topliss-reactive ketones (excluding diaryl/α,β-unsaturated/α-hetero) is 2. The van der Waals surface area contributed by atoms with E-state index >= 15 is 0 Å². The van der Waals surface area contributed by atoms with E-state index < -0.39 is 0 Å². The Bertz CT molecular complexity index is 1370. The quantitative estimate of drug-likeness (QED) is 0.154. The molecule has 7 nitrogen and oxygen atoms in total. The van der Waals surface area contributed by atoms with Crippen LogP contribution in [-0.2, 0) is 38.7 Å². The monoisotopic (exact) mass is 627 g/mol. The summed E-state index contributed by atoms with van der Waals surface area (Å²) >= 11 is 0. The molecular weight excluding hydrogens is 574 g/mol. The first-order valence-corrected chi connectivity index (χ1v) is 17.4. The Balaban J connectivity index is 1.16. The topological polar surface area (TPSA) is 97.7 Å². The fourth-order valence-corrected chi connectivity index (χ4v) is 6.91. The van der Waals surface area contributed by atoms with Crippen molar-refractivity contribution >= 4 is 17.5 Å². The molecule has 0 spiro atoms. The Kier molecular flexibility index (Phi) is 11.5. The first-order valence-electron chi connectivity index (χ1n) is 17.4. The van der Waals surface area contributed by atoms with Crippen LogP contribution in [0.4, 0.5) is 0 Å². The summed E-state index contributed by atoms with van der Waals surface area (Å²) in [6, 6.07) is 17.5. The van der Waals surface area contributed by atoms with Crippen LogP contribution in [0, 0.1) is 23.7 Å². The van der Waals surface area contributed by atoms with Gasteiger partial charge >= 0.3 is 5.97 Å². The molecule has 5 unspecified atom stereocenters. The Hall–Kier alpha value is -3.29. The largest absolute Gasteiger partial charge is 0.461 e. The lowest BCUT2D eigenvalue weighted by molar-refractivity contribution is -0.146. The SMILES string of the molecule is C=C(CC(CC1NC1C(=O)C1Cc2ccccc2CN1CCC(=O)OCc1ccccc1)C(C)C)NC(CC(C)C)C(=O)C1CC1. The molecule has 2 aliphatic heterocycles. The van der Waals surface area contributed by atoms with Crippen molar-refractivity contribution in [2.24, 2.45) is 23.7 Å². The summed E-state index contributed by atoms with van der Waals surface area (Å²) in [5, 5.41) is 7.02. The van der Waals surface area contributed by atoms with E-state index in [2.05, 4.69) is 61.9 Å². The van der Waals surface area contributed by atoms with Crippen LogP contribution in [0.15, 0.2) is 66.9 Å². The van der Waals surface area contributed by atoms with E-state index in [1.807, 2.05) is 42.5 Å².